The van der Waals surface area contributed by atoms with E-state index >= 15 is 0 Å². The lowest BCUT2D eigenvalue weighted by Gasteiger charge is -2.14. The van der Waals surface area contributed by atoms with Crippen molar-refractivity contribution in [3.63, 3.8) is 0 Å². The molecule has 0 aliphatic carbocycles. The smallest absolute Gasteiger partial charge is 0.335 e. The number of esters is 1. The van der Waals surface area contributed by atoms with Gasteiger partial charge in [0, 0.05) is 24.7 Å². The standard InChI is InChI=1S/C19H19N3O4/c1-21-17(23)9-10-22(19(21)25)16-8-4-6-13-12(5-3-7-14(13)16)11-15(20)18(24)26-2/h3-10,15H,11,20H2,1-2H3/t15-/m0/s1. The number of rotatable bonds is 4. The van der Waals surface area contributed by atoms with Crippen molar-refractivity contribution in [1.29, 1.82) is 0 Å². The van der Waals surface area contributed by atoms with Gasteiger partial charge in [-0.25, -0.2) is 4.79 Å². The number of benzene rings is 2. The van der Waals surface area contributed by atoms with E-state index in [-0.39, 0.29) is 5.56 Å². The minimum absolute atomic E-state index is 0.315. The number of hydrogen-bond acceptors (Lipinski definition) is 5. The van der Waals surface area contributed by atoms with Crippen LogP contribution in [0.25, 0.3) is 16.5 Å². The van der Waals surface area contributed by atoms with E-state index in [9.17, 15) is 14.4 Å². The lowest BCUT2D eigenvalue weighted by molar-refractivity contribution is -0.142. The number of fused-ring (bicyclic) bond motifs is 1. The zero-order chi connectivity index (χ0) is 18.8. The van der Waals surface area contributed by atoms with E-state index in [0.717, 1.165) is 20.9 Å². The van der Waals surface area contributed by atoms with Crippen LogP contribution in [0.15, 0.2) is 58.3 Å². The van der Waals surface area contributed by atoms with Gasteiger partial charge in [-0.3, -0.25) is 18.7 Å². The highest BCUT2D eigenvalue weighted by Gasteiger charge is 2.16. The molecular weight excluding hydrogens is 334 g/mol. The quantitative estimate of drug-likeness (QED) is 0.698. The second kappa shape index (κ2) is 6.97. The molecule has 0 bridgehead atoms. The van der Waals surface area contributed by atoms with E-state index < -0.39 is 17.7 Å². The number of carbonyl (C=O) groups excluding carboxylic acids is 1. The Bertz CT molecular complexity index is 1100. The fraction of sp³-hybridized carbons (Fsp3) is 0.211. The minimum Gasteiger partial charge on any atom is -0.468 e. The van der Waals surface area contributed by atoms with Gasteiger partial charge in [0.15, 0.2) is 0 Å². The fourth-order valence-corrected chi connectivity index (χ4v) is 2.97. The zero-order valence-electron chi connectivity index (χ0n) is 14.5. The first-order valence-corrected chi connectivity index (χ1v) is 8.07. The van der Waals surface area contributed by atoms with Crippen molar-refractivity contribution in [3.05, 3.63) is 75.1 Å². The molecular formula is C19H19N3O4. The summed E-state index contributed by atoms with van der Waals surface area (Å²) in [6.07, 6.45) is 1.78. The molecule has 0 radical (unpaired) electrons. The third-order valence-electron chi connectivity index (χ3n) is 4.38. The molecule has 0 spiro atoms. The van der Waals surface area contributed by atoms with Crippen LogP contribution in [0, 0.1) is 0 Å². The maximum Gasteiger partial charge on any atom is 0.335 e. The third-order valence-corrected chi connectivity index (χ3v) is 4.38. The molecule has 0 amide bonds. The van der Waals surface area contributed by atoms with E-state index in [2.05, 4.69) is 4.74 Å². The molecule has 0 aliphatic heterocycles. The van der Waals surface area contributed by atoms with Gasteiger partial charge in [0.2, 0.25) is 0 Å². The monoisotopic (exact) mass is 353 g/mol. The predicted molar refractivity (Wildman–Crippen MR) is 98.5 cm³/mol. The van der Waals surface area contributed by atoms with Gasteiger partial charge in [0.1, 0.15) is 6.04 Å². The Morgan fingerprint density at radius 1 is 1.12 bits per heavy atom. The first-order chi connectivity index (χ1) is 12.4. The molecule has 1 atom stereocenters. The average molecular weight is 353 g/mol. The summed E-state index contributed by atoms with van der Waals surface area (Å²) < 4.78 is 7.16. The van der Waals surface area contributed by atoms with Crippen molar-refractivity contribution >= 4 is 16.7 Å². The van der Waals surface area contributed by atoms with E-state index in [1.165, 1.54) is 31.0 Å². The highest BCUT2D eigenvalue weighted by atomic mass is 16.5. The van der Waals surface area contributed by atoms with Crippen LogP contribution in [0.1, 0.15) is 5.56 Å². The predicted octanol–water partition coefficient (Wildman–Crippen LogP) is 0.732. The number of carbonyl (C=O) groups is 1. The van der Waals surface area contributed by atoms with Crippen molar-refractivity contribution in [3.8, 4) is 5.69 Å². The molecule has 7 nitrogen and oxygen atoms in total. The number of nitrogens with zero attached hydrogens (tertiary/aromatic N) is 2. The molecule has 0 saturated carbocycles. The summed E-state index contributed by atoms with van der Waals surface area (Å²) in [6.45, 7) is 0. The van der Waals surface area contributed by atoms with Crippen LogP contribution in [0.2, 0.25) is 0 Å². The zero-order valence-corrected chi connectivity index (χ0v) is 14.5. The second-order valence-corrected chi connectivity index (χ2v) is 5.99. The molecule has 7 heteroatoms. The molecule has 3 aromatic rings. The van der Waals surface area contributed by atoms with Gasteiger partial charge >= 0.3 is 11.7 Å². The van der Waals surface area contributed by atoms with Crippen LogP contribution < -0.4 is 17.0 Å². The highest BCUT2D eigenvalue weighted by molar-refractivity contribution is 5.93. The summed E-state index contributed by atoms with van der Waals surface area (Å²) in [7, 11) is 2.74. The number of nitrogens with two attached hydrogens (primary N) is 1. The molecule has 1 aromatic heterocycles. The number of ether oxygens (including phenoxy) is 1. The first kappa shape index (κ1) is 17.6. The minimum atomic E-state index is -0.769. The van der Waals surface area contributed by atoms with Crippen molar-refractivity contribution < 1.29 is 9.53 Å². The molecule has 0 saturated heterocycles. The molecule has 0 aliphatic rings. The van der Waals surface area contributed by atoms with E-state index in [0.29, 0.717) is 12.1 Å². The molecule has 26 heavy (non-hydrogen) atoms. The Hall–Kier alpha value is -3.19. The highest BCUT2D eigenvalue weighted by Crippen LogP contribution is 2.25. The van der Waals surface area contributed by atoms with Gasteiger partial charge in [-0.2, -0.15) is 0 Å². The number of aromatic nitrogens is 2. The lowest BCUT2D eigenvalue weighted by Crippen LogP contribution is -2.36. The average Bonchev–Trinajstić information content (AvgIpc) is 2.65. The summed E-state index contributed by atoms with van der Waals surface area (Å²) in [5.74, 6) is -0.479. The molecule has 0 unspecified atom stereocenters. The van der Waals surface area contributed by atoms with Crippen molar-refractivity contribution in [1.82, 2.24) is 9.13 Å². The van der Waals surface area contributed by atoms with Gasteiger partial charge in [-0.15, -0.1) is 0 Å². The van der Waals surface area contributed by atoms with Crippen LogP contribution >= 0.6 is 0 Å². The lowest BCUT2D eigenvalue weighted by atomic mass is 9.98. The van der Waals surface area contributed by atoms with Crippen LogP contribution in [0.4, 0.5) is 0 Å². The van der Waals surface area contributed by atoms with Crippen LogP contribution in [0.3, 0.4) is 0 Å². The largest absolute Gasteiger partial charge is 0.468 e. The molecule has 1 heterocycles. The van der Waals surface area contributed by atoms with Gasteiger partial charge in [0.05, 0.1) is 12.8 Å². The summed E-state index contributed by atoms with van der Waals surface area (Å²) in [5.41, 5.74) is 6.62. The van der Waals surface area contributed by atoms with Crippen molar-refractivity contribution in [2.24, 2.45) is 12.8 Å². The van der Waals surface area contributed by atoms with E-state index in [4.69, 9.17) is 5.73 Å². The summed E-state index contributed by atoms with van der Waals surface area (Å²) >= 11 is 0. The van der Waals surface area contributed by atoms with Crippen LogP contribution in [-0.4, -0.2) is 28.3 Å². The van der Waals surface area contributed by atoms with Gasteiger partial charge in [-0.1, -0.05) is 30.3 Å². The normalized spacial score (nSPS) is 12.1. The molecule has 134 valence electrons. The molecule has 2 aromatic carbocycles. The Morgan fingerprint density at radius 2 is 1.81 bits per heavy atom. The Morgan fingerprint density at radius 3 is 2.54 bits per heavy atom. The summed E-state index contributed by atoms with van der Waals surface area (Å²) in [6, 6.07) is 11.7. The molecule has 3 rings (SSSR count). The number of hydrogen-bond donors (Lipinski definition) is 1. The Labute approximate surface area is 149 Å². The maximum atomic E-state index is 12.5. The SMILES string of the molecule is COC(=O)[C@@H](N)Cc1cccc2c(-n3ccc(=O)n(C)c3=O)cccc12. The van der Waals surface area contributed by atoms with Crippen molar-refractivity contribution in [2.75, 3.05) is 7.11 Å². The summed E-state index contributed by atoms with van der Waals surface area (Å²) in [4.78, 5) is 35.7. The Balaban J connectivity index is 2.17. The van der Waals surface area contributed by atoms with Gasteiger partial charge < -0.3 is 10.5 Å². The Kier molecular flexibility index (Phi) is 4.73. The first-order valence-electron chi connectivity index (χ1n) is 8.07. The summed E-state index contributed by atoms with van der Waals surface area (Å²) in [5, 5.41) is 1.70. The molecule has 0 fully saturated rings. The molecule has 2 N–H and O–H groups in total. The maximum absolute atomic E-state index is 12.5. The van der Waals surface area contributed by atoms with E-state index in [1.807, 2.05) is 30.3 Å². The van der Waals surface area contributed by atoms with Crippen LogP contribution in [-0.2, 0) is 23.0 Å². The van der Waals surface area contributed by atoms with Gasteiger partial charge in [-0.05, 0) is 23.4 Å². The number of methoxy groups -OCH3 is 1. The van der Waals surface area contributed by atoms with Crippen LogP contribution in [0.5, 0.6) is 0 Å². The van der Waals surface area contributed by atoms with Gasteiger partial charge in [0.25, 0.3) is 5.56 Å². The van der Waals surface area contributed by atoms with E-state index in [1.54, 1.807) is 6.07 Å². The second-order valence-electron chi connectivity index (χ2n) is 5.99. The topological polar surface area (TPSA) is 96.3 Å². The fourth-order valence-electron chi connectivity index (χ4n) is 2.97. The third kappa shape index (κ3) is 3.04. The van der Waals surface area contributed by atoms with Crippen molar-refractivity contribution in [2.45, 2.75) is 12.5 Å².